The van der Waals surface area contributed by atoms with Crippen LogP contribution in [0.5, 0.6) is 0 Å². The zero-order valence-corrected chi connectivity index (χ0v) is 12.9. The van der Waals surface area contributed by atoms with E-state index in [1.165, 1.54) is 18.2 Å². The largest absolute Gasteiger partial charge is 0.478 e. The van der Waals surface area contributed by atoms with E-state index in [0.717, 1.165) is 0 Å². The molecule has 21 heavy (non-hydrogen) atoms. The molecule has 2 aromatic carbocycles. The first kappa shape index (κ1) is 15.3. The van der Waals surface area contributed by atoms with Crippen molar-refractivity contribution in [2.75, 3.05) is 11.1 Å². The molecule has 0 unspecified atom stereocenters. The monoisotopic (exact) mass is 368 g/mol. The number of hydrogen-bond acceptors (Lipinski definition) is 3. The van der Waals surface area contributed by atoms with Crippen molar-refractivity contribution in [3.8, 4) is 0 Å². The highest BCUT2D eigenvalue weighted by Gasteiger charge is 2.16. The van der Waals surface area contributed by atoms with Crippen molar-refractivity contribution in [2.45, 2.75) is 0 Å². The molecule has 0 bridgehead atoms. The fourth-order valence-electron chi connectivity index (χ4n) is 1.71. The molecule has 0 heterocycles. The average Bonchev–Trinajstić information content (AvgIpc) is 2.41. The van der Waals surface area contributed by atoms with Gasteiger partial charge in [0.25, 0.3) is 5.91 Å². The number of amides is 1. The van der Waals surface area contributed by atoms with Gasteiger partial charge >= 0.3 is 5.97 Å². The summed E-state index contributed by atoms with van der Waals surface area (Å²) in [6, 6.07) is 8.97. The van der Waals surface area contributed by atoms with Crippen molar-refractivity contribution in [3.05, 3.63) is 57.0 Å². The molecule has 2 aromatic rings. The molecule has 0 saturated heterocycles. The summed E-state index contributed by atoms with van der Waals surface area (Å²) in [7, 11) is 0. The van der Waals surface area contributed by atoms with Crippen LogP contribution in [0, 0.1) is 0 Å². The van der Waals surface area contributed by atoms with Gasteiger partial charge in [-0.2, -0.15) is 0 Å². The van der Waals surface area contributed by atoms with Crippen molar-refractivity contribution >= 4 is 50.8 Å². The van der Waals surface area contributed by atoms with Gasteiger partial charge < -0.3 is 16.2 Å². The molecule has 0 radical (unpaired) electrons. The van der Waals surface area contributed by atoms with Gasteiger partial charge in [-0.05, 0) is 36.4 Å². The van der Waals surface area contributed by atoms with E-state index in [4.69, 9.17) is 22.4 Å². The number of carboxylic acid groups (broad SMARTS) is 1. The second-order valence-corrected chi connectivity index (χ2v) is 5.51. The lowest BCUT2D eigenvalue weighted by Gasteiger charge is -2.10. The summed E-state index contributed by atoms with van der Waals surface area (Å²) >= 11 is 9.21. The molecule has 1 amide bonds. The second-order valence-electron chi connectivity index (χ2n) is 4.19. The molecule has 0 aliphatic carbocycles. The molecular weight excluding hydrogens is 360 g/mol. The molecule has 4 N–H and O–H groups in total. The van der Waals surface area contributed by atoms with Gasteiger partial charge in [0, 0.05) is 10.2 Å². The summed E-state index contributed by atoms with van der Waals surface area (Å²) in [5.41, 5.74) is 6.25. The van der Waals surface area contributed by atoms with Crippen LogP contribution >= 0.6 is 27.5 Å². The van der Waals surface area contributed by atoms with Crippen molar-refractivity contribution in [1.29, 1.82) is 0 Å². The maximum Gasteiger partial charge on any atom is 0.337 e. The molecule has 2 rings (SSSR count). The van der Waals surface area contributed by atoms with Crippen LogP contribution in [0.15, 0.2) is 40.9 Å². The van der Waals surface area contributed by atoms with Gasteiger partial charge in [-0.3, -0.25) is 4.79 Å². The summed E-state index contributed by atoms with van der Waals surface area (Å²) in [4.78, 5) is 23.4. The standard InChI is InChI=1S/C14H10BrClN2O3/c15-7-1-4-11(16)10(5-7)13(19)18-12-6-8(17)2-3-9(12)14(20)21/h1-6H,17H2,(H,18,19)(H,20,21). The molecule has 108 valence electrons. The predicted molar refractivity (Wildman–Crippen MR) is 84.9 cm³/mol. The SMILES string of the molecule is Nc1ccc(C(=O)O)c(NC(=O)c2cc(Br)ccc2Cl)c1. The lowest BCUT2D eigenvalue weighted by molar-refractivity contribution is 0.0698. The normalized spacial score (nSPS) is 10.2. The minimum atomic E-state index is -1.16. The number of carbonyl (C=O) groups is 2. The molecule has 5 nitrogen and oxygen atoms in total. The smallest absolute Gasteiger partial charge is 0.337 e. The third-order valence-electron chi connectivity index (χ3n) is 2.70. The summed E-state index contributed by atoms with van der Waals surface area (Å²) in [5.74, 6) is -1.68. The number of carboxylic acids is 1. The highest BCUT2D eigenvalue weighted by atomic mass is 79.9. The average molecular weight is 370 g/mol. The molecule has 7 heteroatoms. The number of nitrogens with two attached hydrogens (primary N) is 1. The molecule has 0 aromatic heterocycles. The Hall–Kier alpha value is -2.05. The van der Waals surface area contributed by atoms with Crippen LogP contribution in [-0.2, 0) is 0 Å². The Morgan fingerprint density at radius 1 is 1.14 bits per heavy atom. The molecule has 0 atom stereocenters. The minimum Gasteiger partial charge on any atom is -0.478 e. The fourth-order valence-corrected chi connectivity index (χ4v) is 2.28. The van der Waals surface area contributed by atoms with Crippen LogP contribution in [-0.4, -0.2) is 17.0 Å². The number of anilines is 2. The van der Waals surface area contributed by atoms with Crippen LogP contribution < -0.4 is 11.1 Å². The van der Waals surface area contributed by atoms with E-state index < -0.39 is 11.9 Å². The Morgan fingerprint density at radius 3 is 2.52 bits per heavy atom. The lowest BCUT2D eigenvalue weighted by Crippen LogP contribution is -2.15. The number of nitrogen functional groups attached to an aromatic ring is 1. The van der Waals surface area contributed by atoms with Crippen LogP contribution in [0.4, 0.5) is 11.4 Å². The Bertz CT molecular complexity index is 734. The highest BCUT2D eigenvalue weighted by molar-refractivity contribution is 9.10. The number of nitrogens with one attached hydrogen (secondary N) is 1. The molecule has 0 spiro atoms. The minimum absolute atomic E-state index is 0.0522. The van der Waals surface area contributed by atoms with Gasteiger partial charge in [0.15, 0.2) is 0 Å². The lowest BCUT2D eigenvalue weighted by atomic mass is 10.1. The van der Waals surface area contributed by atoms with Gasteiger partial charge in [-0.15, -0.1) is 0 Å². The van der Waals surface area contributed by atoms with Crippen LogP contribution in [0.3, 0.4) is 0 Å². The quantitative estimate of drug-likeness (QED) is 0.720. The van der Waals surface area contributed by atoms with Crippen molar-refractivity contribution in [3.63, 3.8) is 0 Å². The molecule has 0 aliphatic heterocycles. The van der Waals surface area contributed by atoms with Gasteiger partial charge in [0.1, 0.15) is 0 Å². The van der Waals surface area contributed by atoms with Crippen LogP contribution in [0.1, 0.15) is 20.7 Å². The van der Waals surface area contributed by atoms with E-state index in [2.05, 4.69) is 21.2 Å². The van der Waals surface area contributed by atoms with E-state index in [1.807, 2.05) is 0 Å². The Labute approximate surface area is 133 Å². The van der Waals surface area contributed by atoms with E-state index in [-0.39, 0.29) is 21.8 Å². The maximum atomic E-state index is 12.2. The zero-order chi connectivity index (χ0) is 15.6. The van der Waals surface area contributed by atoms with Gasteiger partial charge in [0.2, 0.25) is 0 Å². The highest BCUT2D eigenvalue weighted by Crippen LogP contribution is 2.24. The van der Waals surface area contributed by atoms with Crippen molar-refractivity contribution < 1.29 is 14.7 Å². The van der Waals surface area contributed by atoms with E-state index in [0.29, 0.717) is 10.2 Å². The van der Waals surface area contributed by atoms with E-state index >= 15 is 0 Å². The van der Waals surface area contributed by atoms with Gasteiger partial charge in [-0.1, -0.05) is 27.5 Å². The second kappa shape index (κ2) is 6.15. The Kier molecular flexibility index (Phi) is 4.50. The number of carbonyl (C=O) groups excluding carboxylic acids is 1. The Morgan fingerprint density at radius 2 is 1.86 bits per heavy atom. The molecule has 0 aliphatic rings. The number of aromatic carboxylic acids is 1. The number of benzene rings is 2. The fraction of sp³-hybridized carbons (Fsp3) is 0. The number of rotatable bonds is 3. The van der Waals surface area contributed by atoms with E-state index in [1.54, 1.807) is 18.2 Å². The molecular formula is C14H10BrClN2O3. The van der Waals surface area contributed by atoms with E-state index in [9.17, 15) is 9.59 Å². The van der Waals surface area contributed by atoms with Crippen molar-refractivity contribution in [2.24, 2.45) is 0 Å². The summed E-state index contributed by atoms with van der Waals surface area (Å²) in [6.45, 7) is 0. The van der Waals surface area contributed by atoms with Crippen LogP contribution in [0.25, 0.3) is 0 Å². The summed E-state index contributed by atoms with van der Waals surface area (Å²) in [6.07, 6.45) is 0. The first-order valence-electron chi connectivity index (χ1n) is 5.77. The molecule has 0 saturated carbocycles. The van der Waals surface area contributed by atoms with Gasteiger partial charge in [-0.25, -0.2) is 4.79 Å². The summed E-state index contributed by atoms with van der Waals surface area (Å²) < 4.78 is 0.683. The third-order valence-corrected chi connectivity index (χ3v) is 3.52. The zero-order valence-electron chi connectivity index (χ0n) is 10.6. The van der Waals surface area contributed by atoms with Crippen molar-refractivity contribution in [1.82, 2.24) is 0 Å². The first-order chi connectivity index (χ1) is 9.88. The van der Waals surface area contributed by atoms with Gasteiger partial charge in [0.05, 0.1) is 21.8 Å². The topological polar surface area (TPSA) is 92.4 Å². The molecule has 0 fully saturated rings. The summed E-state index contributed by atoms with van der Waals surface area (Å²) in [5, 5.41) is 11.9. The Balaban J connectivity index is 2.38. The predicted octanol–water partition coefficient (Wildman–Crippen LogP) is 3.64. The number of halogens is 2. The number of hydrogen-bond donors (Lipinski definition) is 3. The maximum absolute atomic E-state index is 12.2. The first-order valence-corrected chi connectivity index (χ1v) is 6.95. The van der Waals surface area contributed by atoms with Crippen LogP contribution in [0.2, 0.25) is 5.02 Å². The third kappa shape index (κ3) is 3.53.